The Morgan fingerprint density at radius 3 is 1.53 bits per heavy atom. The zero-order chi connectivity index (χ0) is 21.4. The monoisotopic (exact) mass is 448 g/mol. The van der Waals surface area contributed by atoms with Crippen LogP contribution in [0.25, 0.3) is 0 Å². The molecule has 6 heteroatoms. The van der Waals surface area contributed by atoms with Crippen molar-refractivity contribution in [2.45, 2.75) is 121 Å². The van der Waals surface area contributed by atoms with Crippen LogP contribution < -0.4 is 34.7 Å². The summed E-state index contributed by atoms with van der Waals surface area (Å²) in [7, 11) is -4.45. The van der Waals surface area contributed by atoms with E-state index < -0.39 is 20.8 Å². The van der Waals surface area contributed by atoms with Gasteiger partial charge in [-0.25, -0.2) is 0 Å². The molecule has 0 spiro atoms. The van der Waals surface area contributed by atoms with E-state index in [4.69, 9.17) is 0 Å². The Labute approximate surface area is 207 Å². The summed E-state index contributed by atoms with van der Waals surface area (Å²) >= 11 is 0. The Morgan fingerprint density at radius 2 is 1.13 bits per heavy atom. The molecule has 0 saturated carbocycles. The molecule has 0 unspecified atom stereocenters. The molecule has 0 aliphatic rings. The molecule has 0 saturated heterocycles. The zero-order valence-electron chi connectivity index (χ0n) is 19.3. The number of rotatable bonds is 18. The number of hydrogen-bond acceptors (Lipinski definition) is 3. The van der Waals surface area contributed by atoms with E-state index in [0.29, 0.717) is 12.0 Å². The SMILES string of the molecule is CCCCCCCCCCCCCCCCCCc1cccc([O-])c1S(=O)(=O)O.[Na+]. The molecule has 0 fully saturated rings. The third-order valence-electron chi connectivity index (χ3n) is 5.62. The quantitative estimate of drug-likeness (QED) is 0.210. The Hall–Kier alpha value is -0.0700. The summed E-state index contributed by atoms with van der Waals surface area (Å²) in [6, 6.07) is 4.36. The molecule has 4 nitrogen and oxygen atoms in total. The first-order valence-electron chi connectivity index (χ1n) is 11.7. The summed E-state index contributed by atoms with van der Waals surface area (Å²) in [4.78, 5) is -0.444. The van der Waals surface area contributed by atoms with Gasteiger partial charge in [-0.3, -0.25) is 4.55 Å². The fourth-order valence-electron chi connectivity index (χ4n) is 3.91. The molecule has 1 rings (SSSR count). The van der Waals surface area contributed by atoms with Gasteiger partial charge in [-0.2, -0.15) is 8.42 Å². The van der Waals surface area contributed by atoms with Gasteiger partial charge in [0, 0.05) is 0 Å². The molecule has 0 atom stereocenters. The molecule has 168 valence electrons. The predicted octanol–water partition coefficient (Wildman–Crippen LogP) is 3.81. The topological polar surface area (TPSA) is 77.4 Å². The first kappa shape index (κ1) is 29.9. The van der Waals surface area contributed by atoms with Gasteiger partial charge in [0.2, 0.25) is 0 Å². The smallest absolute Gasteiger partial charge is 0.872 e. The summed E-state index contributed by atoms with van der Waals surface area (Å²) in [6.45, 7) is 2.26. The van der Waals surface area contributed by atoms with Gasteiger partial charge in [0.15, 0.2) is 0 Å². The number of hydrogen-bond donors (Lipinski definition) is 1. The molecule has 0 aliphatic carbocycles. The first-order valence-corrected chi connectivity index (χ1v) is 13.2. The van der Waals surface area contributed by atoms with Crippen LogP contribution in [0.4, 0.5) is 0 Å². The standard InChI is InChI=1S/C24H42O4S.Na/c1-2-3-4-5-6-7-8-9-10-11-12-13-14-15-16-17-19-22-20-18-21-23(25)24(22)29(26,27)28;/h18,20-21,25H,2-17,19H2,1H3,(H,26,27,28);/q;+1/p-1. The van der Waals surface area contributed by atoms with Crippen molar-refractivity contribution in [2.24, 2.45) is 0 Å². The van der Waals surface area contributed by atoms with Gasteiger partial charge in [0.25, 0.3) is 10.1 Å². The van der Waals surface area contributed by atoms with E-state index in [1.165, 1.54) is 89.5 Å². The summed E-state index contributed by atoms with van der Waals surface area (Å²) in [5, 5.41) is 11.7. The number of unbranched alkanes of at least 4 members (excludes halogenated alkanes) is 15. The van der Waals surface area contributed by atoms with Crippen molar-refractivity contribution in [3.05, 3.63) is 23.8 Å². The van der Waals surface area contributed by atoms with Gasteiger partial charge in [-0.15, -0.1) is 0 Å². The normalized spacial score (nSPS) is 11.4. The van der Waals surface area contributed by atoms with E-state index in [-0.39, 0.29) is 29.6 Å². The van der Waals surface area contributed by atoms with Gasteiger partial charge in [0.05, 0.1) is 4.90 Å². The van der Waals surface area contributed by atoms with E-state index in [9.17, 15) is 18.1 Å². The molecule has 1 aromatic carbocycles. The molecule has 0 bridgehead atoms. The molecule has 0 radical (unpaired) electrons. The first-order chi connectivity index (χ1) is 14.0. The van der Waals surface area contributed by atoms with Crippen molar-refractivity contribution >= 4 is 10.1 Å². The van der Waals surface area contributed by atoms with Gasteiger partial charge in [0.1, 0.15) is 0 Å². The largest absolute Gasteiger partial charge is 1.00 e. The van der Waals surface area contributed by atoms with Crippen LogP contribution in [0.5, 0.6) is 5.75 Å². The van der Waals surface area contributed by atoms with Crippen LogP contribution in [-0.2, 0) is 16.5 Å². The second kappa shape index (κ2) is 18.5. The molecular formula is C24H41NaO4S. The average Bonchev–Trinajstić information content (AvgIpc) is 2.66. The predicted molar refractivity (Wildman–Crippen MR) is 119 cm³/mol. The van der Waals surface area contributed by atoms with Crippen molar-refractivity contribution in [3.63, 3.8) is 0 Å². The van der Waals surface area contributed by atoms with Crippen molar-refractivity contribution in [1.82, 2.24) is 0 Å². The summed E-state index contributed by atoms with van der Waals surface area (Å²) in [5.41, 5.74) is 0.436. The molecule has 0 aromatic heterocycles. The van der Waals surface area contributed by atoms with Crippen LogP contribution in [0.1, 0.15) is 115 Å². The fraction of sp³-hybridized carbons (Fsp3) is 0.750. The number of aryl methyl sites for hydroxylation is 1. The second-order valence-electron chi connectivity index (χ2n) is 8.27. The maximum absolute atomic E-state index is 11.7. The van der Waals surface area contributed by atoms with Crippen molar-refractivity contribution < 1.29 is 47.6 Å². The van der Waals surface area contributed by atoms with E-state index in [1.54, 1.807) is 12.1 Å². The van der Waals surface area contributed by atoms with Crippen LogP contribution in [-0.4, -0.2) is 13.0 Å². The van der Waals surface area contributed by atoms with E-state index in [2.05, 4.69) is 6.92 Å². The van der Waals surface area contributed by atoms with Crippen LogP contribution >= 0.6 is 0 Å². The Morgan fingerprint density at radius 1 is 0.733 bits per heavy atom. The van der Waals surface area contributed by atoms with Crippen molar-refractivity contribution in [3.8, 4) is 5.75 Å². The molecule has 30 heavy (non-hydrogen) atoms. The van der Waals surface area contributed by atoms with Crippen LogP contribution in [0.3, 0.4) is 0 Å². The van der Waals surface area contributed by atoms with Crippen molar-refractivity contribution in [2.75, 3.05) is 0 Å². The Bertz CT molecular complexity index is 647. The maximum atomic E-state index is 11.7. The molecule has 0 aliphatic heterocycles. The zero-order valence-corrected chi connectivity index (χ0v) is 22.1. The summed E-state index contributed by atoms with van der Waals surface area (Å²) < 4.78 is 32.1. The minimum atomic E-state index is -4.45. The van der Waals surface area contributed by atoms with Gasteiger partial charge in [-0.05, 0) is 18.4 Å². The molecule has 0 amide bonds. The minimum Gasteiger partial charge on any atom is -0.872 e. The van der Waals surface area contributed by atoms with Crippen LogP contribution in [0.2, 0.25) is 0 Å². The van der Waals surface area contributed by atoms with Gasteiger partial charge < -0.3 is 5.11 Å². The molecule has 0 heterocycles. The summed E-state index contributed by atoms with van der Waals surface area (Å²) in [5.74, 6) is -0.624. The van der Waals surface area contributed by atoms with Crippen molar-refractivity contribution in [1.29, 1.82) is 0 Å². The third kappa shape index (κ3) is 14.1. The minimum absolute atomic E-state index is 0. The summed E-state index contributed by atoms with van der Waals surface area (Å²) in [6.07, 6.45) is 21.1. The van der Waals surface area contributed by atoms with Gasteiger partial charge in [-0.1, -0.05) is 127 Å². The Balaban J connectivity index is 0.00000841. The fourth-order valence-corrected chi connectivity index (χ4v) is 4.74. The molecule has 1 N–H and O–H groups in total. The second-order valence-corrected chi connectivity index (χ2v) is 9.63. The van der Waals surface area contributed by atoms with Crippen LogP contribution in [0.15, 0.2) is 23.1 Å². The van der Waals surface area contributed by atoms with Gasteiger partial charge >= 0.3 is 29.6 Å². The molecule has 1 aromatic rings. The maximum Gasteiger partial charge on any atom is 1.00 e. The average molecular weight is 449 g/mol. The van der Waals surface area contributed by atoms with E-state index in [1.807, 2.05) is 0 Å². The van der Waals surface area contributed by atoms with E-state index in [0.717, 1.165) is 19.3 Å². The Kier molecular flexibility index (Phi) is 18.5. The molecular weight excluding hydrogens is 407 g/mol. The third-order valence-corrected chi connectivity index (χ3v) is 6.60. The number of benzene rings is 1. The van der Waals surface area contributed by atoms with Crippen LogP contribution in [0, 0.1) is 0 Å². The van der Waals surface area contributed by atoms with E-state index >= 15 is 0 Å².